The molecule has 2 rings (SSSR count). The van der Waals surface area contributed by atoms with Crippen LogP contribution >= 0.6 is 11.3 Å². The van der Waals surface area contributed by atoms with Crippen LogP contribution in [0.5, 0.6) is 0 Å². The van der Waals surface area contributed by atoms with Crippen LogP contribution in [0.3, 0.4) is 0 Å². The molecule has 1 aromatic heterocycles. The Morgan fingerprint density at radius 3 is 3.27 bits per heavy atom. The van der Waals surface area contributed by atoms with Gasteiger partial charge in [-0.05, 0) is 6.42 Å². The van der Waals surface area contributed by atoms with Crippen molar-refractivity contribution in [2.45, 2.75) is 12.8 Å². The first-order valence-electron chi connectivity index (χ1n) is 3.71. The van der Waals surface area contributed by atoms with Crippen molar-refractivity contribution in [1.82, 2.24) is 0 Å². The van der Waals surface area contributed by atoms with Gasteiger partial charge in [-0.3, -0.25) is 4.99 Å². The van der Waals surface area contributed by atoms with Gasteiger partial charge in [0.15, 0.2) is 5.84 Å². The summed E-state index contributed by atoms with van der Waals surface area (Å²) >= 11 is 1.66. The molecule has 0 aliphatic carbocycles. The number of nitrogens with zero attached hydrogens (tertiary/aromatic N) is 1. The van der Waals surface area contributed by atoms with Crippen LogP contribution in [0.2, 0.25) is 0 Å². The average Bonchev–Trinajstić information content (AvgIpc) is 2.60. The lowest BCUT2D eigenvalue weighted by Gasteiger charge is -1.90. The van der Waals surface area contributed by atoms with Crippen LogP contribution in [0.1, 0.15) is 12.8 Å². The number of aromatic nitrogens is 1. The van der Waals surface area contributed by atoms with E-state index in [1.807, 2.05) is 11.6 Å². The van der Waals surface area contributed by atoms with Crippen molar-refractivity contribution in [3.8, 4) is 0 Å². The second-order valence-electron chi connectivity index (χ2n) is 2.45. The summed E-state index contributed by atoms with van der Waals surface area (Å²) in [5.41, 5.74) is 0. The number of thiazole rings is 1. The van der Waals surface area contributed by atoms with Gasteiger partial charge in [0.05, 0.1) is 6.20 Å². The standard InChI is InChI=1S/C7H9N3S/c1-2-6(8-3-1)10-7-9-4-5-11-7/h4-5H,1-3H2,(H,8,9,10)/p+1. The number of hydrogen-bond acceptors (Lipinski definition) is 3. The molecule has 2 N–H and O–H groups in total. The molecule has 0 unspecified atom stereocenters. The Bertz CT molecular complexity index is 253. The minimum absolute atomic E-state index is 0.980. The molecule has 0 amide bonds. The number of anilines is 1. The summed E-state index contributed by atoms with van der Waals surface area (Å²) in [5, 5.41) is 6.32. The summed E-state index contributed by atoms with van der Waals surface area (Å²) in [4.78, 5) is 7.39. The first kappa shape index (κ1) is 6.79. The van der Waals surface area contributed by atoms with Gasteiger partial charge >= 0.3 is 5.13 Å². The Morgan fingerprint density at radius 1 is 1.64 bits per heavy atom. The summed E-state index contributed by atoms with van der Waals surface area (Å²) in [5.74, 6) is 1.11. The zero-order valence-corrected chi connectivity index (χ0v) is 6.95. The molecule has 3 nitrogen and oxygen atoms in total. The molecule has 1 aliphatic rings. The van der Waals surface area contributed by atoms with Crippen LogP contribution in [0.4, 0.5) is 5.13 Å². The van der Waals surface area contributed by atoms with Gasteiger partial charge in [-0.15, -0.1) is 0 Å². The van der Waals surface area contributed by atoms with Crippen LogP contribution in [-0.2, 0) is 0 Å². The van der Waals surface area contributed by atoms with E-state index in [1.54, 1.807) is 11.3 Å². The Balaban J connectivity index is 2.00. The van der Waals surface area contributed by atoms with Crippen molar-refractivity contribution >= 4 is 22.3 Å². The molecule has 0 fully saturated rings. The maximum atomic E-state index is 4.30. The minimum atomic E-state index is 0.980. The SMILES string of the molecule is c1csc(NC2=NCCC2)[nH+]1. The molecule has 0 bridgehead atoms. The molecule has 11 heavy (non-hydrogen) atoms. The second kappa shape index (κ2) is 3.00. The number of aromatic amines is 1. The lowest BCUT2D eigenvalue weighted by atomic mass is 10.3. The fourth-order valence-corrected chi connectivity index (χ4v) is 1.67. The Morgan fingerprint density at radius 2 is 2.64 bits per heavy atom. The number of amidine groups is 1. The first-order chi connectivity index (χ1) is 5.45. The molecule has 0 saturated carbocycles. The van der Waals surface area contributed by atoms with E-state index in [1.165, 1.54) is 6.42 Å². The third-order valence-corrected chi connectivity index (χ3v) is 2.33. The lowest BCUT2D eigenvalue weighted by Crippen LogP contribution is -2.13. The number of aliphatic imine (C=N–C) groups is 1. The molecule has 1 aromatic rings. The molecule has 0 atom stereocenters. The largest absolute Gasteiger partial charge is 0.337 e. The fourth-order valence-electron chi connectivity index (χ4n) is 1.08. The van der Waals surface area contributed by atoms with E-state index in [4.69, 9.17) is 0 Å². The van der Waals surface area contributed by atoms with Crippen LogP contribution in [0.15, 0.2) is 16.6 Å². The lowest BCUT2D eigenvalue weighted by molar-refractivity contribution is -0.354. The monoisotopic (exact) mass is 168 g/mol. The predicted molar refractivity (Wildman–Crippen MR) is 46.0 cm³/mol. The van der Waals surface area contributed by atoms with Gasteiger partial charge in [0.2, 0.25) is 0 Å². The van der Waals surface area contributed by atoms with E-state index < -0.39 is 0 Å². The number of H-pyrrole nitrogens is 1. The number of rotatable bonds is 1. The smallest absolute Gasteiger partial charge is 0.252 e. The normalized spacial score (nSPS) is 16.5. The number of hydrogen-bond donors (Lipinski definition) is 1. The zero-order valence-electron chi connectivity index (χ0n) is 6.13. The van der Waals surface area contributed by atoms with Gasteiger partial charge in [0.1, 0.15) is 0 Å². The second-order valence-corrected chi connectivity index (χ2v) is 3.37. The van der Waals surface area contributed by atoms with Crippen LogP contribution in [-0.4, -0.2) is 12.4 Å². The summed E-state index contributed by atoms with van der Waals surface area (Å²) in [7, 11) is 0. The molecule has 0 radical (unpaired) electrons. The molecule has 1 aliphatic heterocycles. The van der Waals surface area contributed by atoms with Gasteiger partial charge < -0.3 is 0 Å². The van der Waals surface area contributed by atoms with Crippen molar-refractivity contribution in [2.75, 3.05) is 11.9 Å². The van der Waals surface area contributed by atoms with Gasteiger partial charge in [-0.2, -0.15) is 0 Å². The van der Waals surface area contributed by atoms with E-state index in [0.717, 1.165) is 23.9 Å². The maximum absolute atomic E-state index is 4.30. The van der Waals surface area contributed by atoms with Crippen molar-refractivity contribution in [2.24, 2.45) is 4.99 Å². The topological polar surface area (TPSA) is 38.5 Å². The predicted octanol–water partition coefficient (Wildman–Crippen LogP) is 1.17. The minimum Gasteiger partial charge on any atom is -0.252 e. The summed E-state index contributed by atoms with van der Waals surface area (Å²) in [6.07, 6.45) is 4.20. The van der Waals surface area contributed by atoms with Gasteiger partial charge in [0, 0.05) is 18.3 Å². The summed E-state index contributed by atoms with van der Waals surface area (Å²) in [6, 6.07) is 0. The quantitative estimate of drug-likeness (QED) is 0.671. The molecule has 0 aromatic carbocycles. The van der Waals surface area contributed by atoms with E-state index >= 15 is 0 Å². The van der Waals surface area contributed by atoms with E-state index in [0.29, 0.717) is 0 Å². The molecular formula is C7H10N3S+. The van der Waals surface area contributed by atoms with E-state index in [9.17, 15) is 0 Å². The molecule has 0 saturated heterocycles. The average molecular weight is 168 g/mol. The molecule has 2 heterocycles. The molecule has 0 spiro atoms. The van der Waals surface area contributed by atoms with Crippen molar-refractivity contribution < 1.29 is 4.98 Å². The maximum Gasteiger partial charge on any atom is 0.337 e. The first-order valence-corrected chi connectivity index (χ1v) is 4.58. The van der Waals surface area contributed by atoms with Crippen molar-refractivity contribution in [1.29, 1.82) is 0 Å². The van der Waals surface area contributed by atoms with Crippen LogP contribution in [0.25, 0.3) is 0 Å². The van der Waals surface area contributed by atoms with E-state index in [2.05, 4.69) is 15.3 Å². The fraction of sp³-hybridized carbons (Fsp3) is 0.429. The summed E-state index contributed by atoms with van der Waals surface area (Å²) in [6.45, 7) is 0.980. The highest BCUT2D eigenvalue weighted by Crippen LogP contribution is 2.10. The van der Waals surface area contributed by atoms with Crippen molar-refractivity contribution in [3.63, 3.8) is 0 Å². The zero-order chi connectivity index (χ0) is 7.52. The molecular weight excluding hydrogens is 158 g/mol. The van der Waals surface area contributed by atoms with Crippen LogP contribution in [0, 0.1) is 0 Å². The highest BCUT2D eigenvalue weighted by atomic mass is 32.1. The van der Waals surface area contributed by atoms with Gasteiger partial charge in [0.25, 0.3) is 0 Å². The highest BCUT2D eigenvalue weighted by molar-refractivity contribution is 7.13. The van der Waals surface area contributed by atoms with Gasteiger partial charge in [-0.1, -0.05) is 11.3 Å². The third kappa shape index (κ3) is 1.57. The molecule has 58 valence electrons. The number of nitrogens with one attached hydrogen (secondary N) is 2. The van der Waals surface area contributed by atoms with Crippen LogP contribution < -0.4 is 10.3 Å². The van der Waals surface area contributed by atoms with Crippen molar-refractivity contribution in [3.05, 3.63) is 11.6 Å². The highest BCUT2D eigenvalue weighted by Gasteiger charge is 2.12. The summed E-state index contributed by atoms with van der Waals surface area (Å²) < 4.78 is 0. The third-order valence-electron chi connectivity index (χ3n) is 1.60. The Kier molecular flexibility index (Phi) is 1.85. The van der Waals surface area contributed by atoms with E-state index in [-0.39, 0.29) is 0 Å². The Labute approximate surface area is 69.2 Å². The van der Waals surface area contributed by atoms with Gasteiger partial charge in [-0.25, -0.2) is 10.3 Å². The Hall–Kier alpha value is -0.900. The molecule has 4 heteroatoms.